The molecule has 20 heavy (non-hydrogen) atoms. The molecule has 0 bridgehead atoms. The molecule has 0 heterocycles. The fourth-order valence-corrected chi connectivity index (χ4v) is 3.27. The van der Waals surface area contributed by atoms with Gasteiger partial charge in [-0.05, 0) is 43.9 Å². The molecule has 0 aliphatic rings. The number of halogens is 1. The number of sulfonamides is 1. The van der Waals surface area contributed by atoms with Crippen LogP contribution in [0.3, 0.4) is 0 Å². The zero-order chi connectivity index (χ0) is 15.3. The molecule has 0 saturated carbocycles. The minimum atomic E-state index is -3.56. The van der Waals surface area contributed by atoms with E-state index in [4.69, 9.17) is 22.4 Å². The van der Waals surface area contributed by atoms with Crippen LogP contribution in [0.4, 0.5) is 5.69 Å². The number of nitrogen functional groups attached to an aromatic ring is 1. The number of aliphatic hydroxyl groups excluding tert-OH is 1. The van der Waals surface area contributed by atoms with E-state index in [1.165, 1.54) is 23.5 Å². The second-order valence-electron chi connectivity index (χ2n) is 4.75. The monoisotopic (exact) mass is 320 g/mol. The highest BCUT2D eigenvalue weighted by molar-refractivity contribution is 7.89. The molecule has 1 aromatic carbocycles. The first-order valence-corrected chi connectivity index (χ1v) is 8.25. The number of hydrogen-bond acceptors (Lipinski definition) is 4. The predicted octanol–water partition coefficient (Wildman–Crippen LogP) is 2.01. The summed E-state index contributed by atoms with van der Waals surface area (Å²) in [5.74, 6) is 0. The van der Waals surface area contributed by atoms with Crippen LogP contribution in [-0.2, 0) is 10.0 Å². The summed E-state index contributed by atoms with van der Waals surface area (Å²) in [5, 5.41) is 9.08. The van der Waals surface area contributed by atoms with Crippen molar-refractivity contribution in [2.24, 2.45) is 0 Å². The third-order valence-electron chi connectivity index (χ3n) is 3.10. The molecule has 3 N–H and O–H groups in total. The lowest BCUT2D eigenvalue weighted by Gasteiger charge is -2.18. The number of unbranched alkanes of at least 4 members (excludes halogenated alkanes) is 2. The Labute approximate surface area is 125 Å². The molecule has 1 rings (SSSR count). The van der Waals surface area contributed by atoms with Crippen LogP contribution in [0.15, 0.2) is 17.0 Å². The highest BCUT2D eigenvalue weighted by Gasteiger charge is 2.21. The van der Waals surface area contributed by atoms with E-state index in [9.17, 15) is 8.42 Å². The molecule has 0 radical (unpaired) electrons. The van der Waals surface area contributed by atoms with E-state index in [1.807, 2.05) is 0 Å². The van der Waals surface area contributed by atoms with Gasteiger partial charge in [0.15, 0.2) is 0 Å². The summed E-state index contributed by atoms with van der Waals surface area (Å²) in [5.41, 5.74) is 6.62. The lowest BCUT2D eigenvalue weighted by atomic mass is 10.2. The largest absolute Gasteiger partial charge is 0.397 e. The first-order chi connectivity index (χ1) is 9.30. The molecule has 0 unspecified atom stereocenters. The summed E-state index contributed by atoms with van der Waals surface area (Å²) < 4.78 is 26.1. The van der Waals surface area contributed by atoms with E-state index in [1.54, 1.807) is 6.92 Å². The number of anilines is 1. The Balaban J connectivity index is 2.88. The number of hydrogen-bond donors (Lipinski definition) is 2. The van der Waals surface area contributed by atoms with Gasteiger partial charge in [-0.25, -0.2) is 12.7 Å². The number of rotatable bonds is 7. The molecular formula is C13H21ClN2O3S. The van der Waals surface area contributed by atoms with Crippen LogP contribution in [0, 0.1) is 6.92 Å². The molecule has 114 valence electrons. The molecular weight excluding hydrogens is 300 g/mol. The van der Waals surface area contributed by atoms with Gasteiger partial charge in [0.05, 0.1) is 15.6 Å². The SMILES string of the molecule is Cc1cc(S(=O)(=O)N(C)CCCCCO)cc(N)c1Cl. The lowest BCUT2D eigenvalue weighted by molar-refractivity contribution is 0.281. The molecule has 0 aliphatic heterocycles. The van der Waals surface area contributed by atoms with Crippen LogP contribution in [0.25, 0.3) is 0 Å². The predicted molar refractivity (Wildman–Crippen MR) is 81.4 cm³/mol. The van der Waals surface area contributed by atoms with E-state index >= 15 is 0 Å². The summed E-state index contributed by atoms with van der Waals surface area (Å²) in [6, 6.07) is 2.91. The fourth-order valence-electron chi connectivity index (χ4n) is 1.83. The zero-order valence-electron chi connectivity index (χ0n) is 11.8. The van der Waals surface area contributed by atoms with Crippen molar-refractivity contribution in [3.63, 3.8) is 0 Å². The number of benzene rings is 1. The molecule has 0 amide bonds. The fraction of sp³-hybridized carbons (Fsp3) is 0.538. The number of nitrogens with zero attached hydrogens (tertiary/aromatic N) is 1. The van der Waals surface area contributed by atoms with Crippen LogP contribution in [0.2, 0.25) is 5.02 Å². The van der Waals surface area contributed by atoms with E-state index in [0.717, 1.165) is 6.42 Å². The average molecular weight is 321 g/mol. The van der Waals surface area contributed by atoms with Crippen molar-refractivity contribution in [3.05, 3.63) is 22.7 Å². The molecule has 0 saturated heterocycles. The van der Waals surface area contributed by atoms with Gasteiger partial charge >= 0.3 is 0 Å². The quantitative estimate of drug-likeness (QED) is 0.594. The number of aliphatic hydroxyl groups is 1. The normalized spacial score (nSPS) is 12.1. The van der Waals surface area contributed by atoms with E-state index in [2.05, 4.69) is 0 Å². The van der Waals surface area contributed by atoms with Gasteiger partial charge in [-0.15, -0.1) is 0 Å². The van der Waals surface area contributed by atoms with Crippen molar-refractivity contribution in [1.82, 2.24) is 4.31 Å². The summed E-state index contributed by atoms with van der Waals surface area (Å²) in [4.78, 5) is 0.154. The van der Waals surface area contributed by atoms with Crippen LogP contribution in [0.5, 0.6) is 0 Å². The van der Waals surface area contributed by atoms with Gasteiger partial charge in [-0.1, -0.05) is 11.6 Å². The van der Waals surface area contributed by atoms with Gasteiger partial charge in [0.2, 0.25) is 10.0 Å². The van der Waals surface area contributed by atoms with Crippen molar-refractivity contribution in [3.8, 4) is 0 Å². The lowest BCUT2D eigenvalue weighted by Crippen LogP contribution is -2.28. The van der Waals surface area contributed by atoms with Crippen LogP contribution in [-0.4, -0.2) is 38.0 Å². The van der Waals surface area contributed by atoms with Crippen molar-refractivity contribution in [2.45, 2.75) is 31.1 Å². The zero-order valence-corrected chi connectivity index (χ0v) is 13.3. The molecule has 5 nitrogen and oxygen atoms in total. The van der Waals surface area contributed by atoms with Gasteiger partial charge in [-0.2, -0.15) is 0 Å². The molecule has 0 aliphatic carbocycles. The highest BCUT2D eigenvalue weighted by Crippen LogP contribution is 2.28. The molecule has 1 aromatic rings. The second-order valence-corrected chi connectivity index (χ2v) is 7.18. The third-order valence-corrected chi connectivity index (χ3v) is 5.45. The molecule has 7 heteroatoms. The molecule has 0 spiro atoms. The number of aryl methyl sites for hydroxylation is 1. The Kier molecular flexibility index (Phi) is 6.26. The summed E-state index contributed by atoms with van der Waals surface area (Å²) in [6.45, 7) is 2.26. The van der Waals surface area contributed by atoms with E-state index in [0.29, 0.717) is 30.0 Å². The number of nitrogens with two attached hydrogens (primary N) is 1. The first-order valence-electron chi connectivity index (χ1n) is 6.43. The standard InChI is InChI=1S/C13H21ClN2O3S/c1-10-8-11(9-12(15)13(10)14)20(18,19)16(2)6-4-3-5-7-17/h8-9,17H,3-7,15H2,1-2H3. The van der Waals surface area contributed by atoms with Gasteiger partial charge in [0, 0.05) is 20.2 Å². The summed E-state index contributed by atoms with van der Waals surface area (Å²) in [6.07, 6.45) is 2.18. The Bertz CT molecular complexity index is 538. The molecule has 0 fully saturated rings. The maximum absolute atomic E-state index is 12.4. The summed E-state index contributed by atoms with van der Waals surface area (Å²) >= 11 is 5.94. The summed E-state index contributed by atoms with van der Waals surface area (Å²) in [7, 11) is -2.02. The molecule has 0 aromatic heterocycles. The third kappa shape index (κ3) is 4.09. The molecule has 0 atom stereocenters. The van der Waals surface area contributed by atoms with Gasteiger partial charge in [0.1, 0.15) is 0 Å². The van der Waals surface area contributed by atoms with Gasteiger partial charge in [-0.3, -0.25) is 0 Å². The Morgan fingerprint density at radius 1 is 1.30 bits per heavy atom. The minimum absolute atomic E-state index is 0.128. The first kappa shape index (κ1) is 17.2. The maximum atomic E-state index is 12.4. The maximum Gasteiger partial charge on any atom is 0.242 e. The van der Waals surface area contributed by atoms with Crippen LogP contribution < -0.4 is 5.73 Å². The Hall–Kier alpha value is -0.820. The topological polar surface area (TPSA) is 83.6 Å². The van der Waals surface area contributed by atoms with Crippen molar-refractivity contribution in [2.75, 3.05) is 25.9 Å². The Morgan fingerprint density at radius 3 is 2.50 bits per heavy atom. The van der Waals surface area contributed by atoms with E-state index < -0.39 is 10.0 Å². The highest BCUT2D eigenvalue weighted by atomic mass is 35.5. The van der Waals surface area contributed by atoms with E-state index in [-0.39, 0.29) is 17.2 Å². The van der Waals surface area contributed by atoms with Crippen molar-refractivity contribution < 1.29 is 13.5 Å². The van der Waals surface area contributed by atoms with Gasteiger partial charge < -0.3 is 10.8 Å². The average Bonchev–Trinajstić information content (AvgIpc) is 2.40. The van der Waals surface area contributed by atoms with Gasteiger partial charge in [0.25, 0.3) is 0 Å². The minimum Gasteiger partial charge on any atom is -0.397 e. The smallest absolute Gasteiger partial charge is 0.242 e. The Morgan fingerprint density at radius 2 is 1.95 bits per heavy atom. The van der Waals surface area contributed by atoms with Crippen molar-refractivity contribution in [1.29, 1.82) is 0 Å². The van der Waals surface area contributed by atoms with Crippen LogP contribution in [0.1, 0.15) is 24.8 Å². The van der Waals surface area contributed by atoms with Crippen molar-refractivity contribution >= 4 is 27.3 Å². The second kappa shape index (κ2) is 7.26. The van der Waals surface area contributed by atoms with Crippen LogP contribution >= 0.6 is 11.6 Å².